The molecule has 2 aliphatic rings. The fourth-order valence-corrected chi connectivity index (χ4v) is 2.16. The number of nitrogens with zero attached hydrogens (tertiary/aromatic N) is 2. The largest absolute Gasteiger partial charge is 0.444 e. The maximum atomic E-state index is 12.0. The van der Waals surface area contributed by atoms with Crippen LogP contribution in [0.4, 0.5) is 4.79 Å². The number of carbonyl (C=O) groups excluding carboxylic acids is 2. The van der Waals surface area contributed by atoms with E-state index < -0.39 is 5.60 Å². The van der Waals surface area contributed by atoms with E-state index in [9.17, 15) is 9.59 Å². The summed E-state index contributed by atoms with van der Waals surface area (Å²) in [7, 11) is 0. The van der Waals surface area contributed by atoms with Crippen LogP contribution in [0.1, 0.15) is 20.8 Å². The Bertz CT molecular complexity index is 353. The lowest BCUT2D eigenvalue weighted by molar-refractivity contribution is -0.138. The smallest absolute Gasteiger partial charge is 0.410 e. The SMILES string of the molecule is CC(C)(C)OC(=O)N1CCN(C(=O)C2CNC2)CC1. The molecule has 1 N–H and O–H groups in total. The molecule has 0 spiro atoms. The molecular weight excluding hydrogens is 246 g/mol. The summed E-state index contributed by atoms with van der Waals surface area (Å²) >= 11 is 0. The Balaban J connectivity index is 1.78. The van der Waals surface area contributed by atoms with Gasteiger partial charge < -0.3 is 19.9 Å². The second-order valence-electron chi connectivity index (χ2n) is 6.15. The van der Waals surface area contributed by atoms with Crippen LogP contribution in [0.25, 0.3) is 0 Å². The lowest BCUT2D eigenvalue weighted by Gasteiger charge is -2.38. The third-order valence-electron chi connectivity index (χ3n) is 3.37. The minimum atomic E-state index is -0.471. The summed E-state index contributed by atoms with van der Waals surface area (Å²) in [5, 5.41) is 3.10. The Morgan fingerprint density at radius 3 is 2.00 bits per heavy atom. The molecule has 6 nitrogen and oxygen atoms in total. The van der Waals surface area contributed by atoms with Gasteiger partial charge in [-0.25, -0.2) is 4.79 Å². The van der Waals surface area contributed by atoms with Gasteiger partial charge in [0.1, 0.15) is 5.60 Å². The first-order chi connectivity index (χ1) is 8.87. The zero-order valence-corrected chi connectivity index (χ0v) is 11.9. The summed E-state index contributed by atoms with van der Waals surface area (Å²) in [5.41, 5.74) is -0.471. The monoisotopic (exact) mass is 269 g/mol. The quantitative estimate of drug-likeness (QED) is 0.743. The number of hydrogen-bond donors (Lipinski definition) is 1. The number of nitrogens with one attached hydrogen (secondary N) is 1. The van der Waals surface area contributed by atoms with Crippen molar-refractivity contribution in [2.24, 2.45) is 5.92 Å². The molecule has 0 aromatic rings. The highest BCUT2D eigenvalue weighted by molar-refractivity contribution is 5.80. The van der Waals surface area contributed by atoms with E-state index in [0.29, 0.717) is 26.2 Å². The average molecular weight is 269 g/mol. The van der Waals surface area contributed by atoms with Crippen LogP contribution in [0.3, 0.4) is 0 Å². The summed E-state index contributed by atoms with van der Waals surface area (Å²) in [4.78, 5) is 27.4. The predicted molar refractivity (Wildman–Crippen MR) is 70.7 cm³/mol. The van der Waals surface area contributed by atoms with E-state index in [0.717, 1.165) is 13.1 Å². The summed E-state index contributed by atoms with van der Waals surface area (Å²) in [6, 6.07) is 0. The molecule has 0 unspecified atom stereocenters. The molecule has 6 heteroatoms. The molecule has 0 aliphatic carbocycles. The Labute approximate surface area is 114 Å². The molecule has 0 aromatic carbocycles. The predicted octanol–water partition coefficient (Wildman–Crippen LogP) is 0.285. The van der Waals surface area contributed by atoms with E-state index in [4.69, 9.17) is 4.74 Å². The fraction of sp³-hybridized carbons (Fsp3) is 0.846. The Hall–Kier alpha value is -1.30. The van der Waals surface area contributed by atoms with E-state index in [2.05, 4.69) is 5.32 Å². The van der Waals surface area contributed by atoms with Gasteiger partial charge in [-0.1, -0.05) is 0 Å². The Morgan fingerprint density at radius 2 is 1.58 bits per heavy atom. The van der Waals surface area contributed by atoms with E-state index in [1.165, 1.54) is 0 Å². The van der Waals surface area contributed by atoms with Crippen molar-refractivity contribution in [3.05, 3.63) is 0 Å². The van der Waals surface area contributed by atoms with Crippen LogP contribution >= 0.6 is 0 Å². The molecule has 2 heterocycles. The number of piperazine rings is 1. The van der Waals surface area contributed by atoms with Gasteiger partial charge in [0.25, 0.3) is 0 Å². The van der Waals surface area contributed by atoms with Crippen molar-refractivity contribution in [2.75, 3.05) is 39.3 Å². The molecule has 2 amide bonds. The van der Waals surface area contributed by atoms with E-state index in [-0.39, 0.29) is 17.9 Å². The highest BCUT2D eigenvalue weighted by atomic mass is 16.6. The number of ether oxygens (including phenoxy) is 1. The minimum absolute atomic E-state index is 0.132. The summed E-state index contributed by atoms with van der Waals surface area (Å²) in [6.45, 7) is 9.46. The maximum Gasteiger partial charge on any atom is 0.410 e. The van der Waals surface area contributed by atoms with E-state index in [1.807, 2.05) is 25.7 Å². The van der Waals surface area contributed by atoms with Crippen molar-refractivity contribution in [2.45, 2.75) is 26.4 Å². The normalized spacial score (nSPS) is 21.0. The first-order valence-electron chi connectivity index (χ1n) is 6.84. The highest BCUT2D eigenvalue weighted by Gasteiger charge is 2.32. The maximum absolute atomic E-state index is 12.0. The second-order valence-corrected chi connectivity index (χ2v) is 6.15. The van der Waals surface area contributed by atoms with Gasteiger partial charge in [0.2, 0.25) is 5.91 Å². The Kier molecular flexibility index (Phi) is 3.99. The zero-order chi connectivity index (χ0) is 14.0. The molecule has 0 saturated carbocycles. The fourth-order valence-electron chi connectivity index (χ4n) is 2.16. The molecule has 2 aliphatic heterocycles. The van der Waals surface area contributed by atoms with Crippen LogP contribution < -0.4 is 5.32 Å². The van der Waals surface area contributed by atoms with Crippen LogP contribution in [0.15, 0.2) is 0 Å². The number of carbonyl (C=O) groups is 2. The summed E-state index contributed by atoms with van der Waals surface area (Å²) in [6.07, 6.45) is -0.287. The molecule has 0 aromatic heterocycles. The molecule has 0 radical (unpaired) electrons. The topological polar surface area (TPSA) is 61.9 Å². The summed E-state index contributed by atoms with van der Waals surface area (Å²) < 4.78 is 5.33. The molecule has 2 fully saturated rings. The van der Waals surface area contributed by atoms with Gasteiger partial charge in [-0.15, -0.1) is 0 Å². The first-order valence-corrected chi connectivity index (χ1v) is 6.84. The molecule has 108 valence electrons. The summed E-state index contributed by atoms with van der Waals surface area (Å²) in [5.74, 6) is 0.343. The first kappa shape index (κ1) is 14.1. The molecule has 0 atom stereocenters. The molecule has 0 bridgehead atoms. The average Bonchev–Trinajstić information content (AvgIpc) is 2.24. The van der Waals surface area contributed by atoms with Crippen LogP contribution in [0, 0.1) is 5.92 Å². The lowest BCUT2D eigenvalue weighted by atomic mass is 10.0. The van der Waals surface area contributed by atoms with Crippen molar-refractivity contribution in [3.63, 3.8) is 0 Å². The van der Waals surface area contributed by atoms with Gasteiger partial charge in [-0.05, 0) is 20.8 Å². The number of hydrogen-bond acceptors (Lipinski definition) is 4. The third kappa shape index (κ3) is 3.59. The van der Waals surface area contributed by atoms with E-state index in [1.54, 1.807) is 4.90 Å². The van der Waals surface area contributed by atoms with Crippen LogP contribution in [0.2, 0.25) is 0 Å². The van der Waals surface area contributed by atoms with Gasteiger partial charge in [0.15, 0.2) is 0 Å². The van der Waals surface area contributed by atoms with Gasteiger partial charge >= 0.3 is 6.09 Å². The second kappa shape index (κ2) is 5.36. The van der Waals surface area contributed by atoms with Crippen molar-refractivity contribution >= 4 is 12.0 Å². The molecular formula is C13H23N3O3. The third-order valence-corrected chi connectivity index (χ3v) is 3.37. The van der Waals surface area contributed by atoms with Crippen LogP contribution in [0.5, 0.6) is 0 Å². The standard InChI is InChI=1S/C13H23N3O3/c1-13(2,3)19-12(18)16-6-4-15(5-7-16)11(17)10-8-14-9-10/h10,14H,4-9H2,1-3H3. The van der Waals surface area contributed by atoms with Gasteiger partial charge in [0, 0.05) is 39.3 Å². The van der Waals surface area contributed by atoms with Crippen LogP contribution in [-0.2, 0) is 9.53 Å². The molecule has 19 heavy (non-hydrogen) atoms. The lowest BCUT2D eigenvalue weighted by Crippen LogP contribution is -2.57. The van der Waals surface area contributed by atoms with Gasteiger partial charge in [0.05, 0.1) is 5.92 Å². The molecule has 2 rings (SSSR count). The van der Waals surface area contributed by atoms with Crippen molar-refractivity contribution in [1.29, 1.82) is 0 Å². The highest BCUT2D eigenvalue weighted by Crippen LogP contribution is 2.14. The van der Waals surface area contributed by atoms with Gasteiger partial charge in [-0.2, -0.15) is 0 Å². The zero-order valence-electron chi connectivity index (χ0n) is 11.9. The molecule has 2 saturated heterocycles. The number of amides is 2. The Morgan fingerprint density at radius 1 is 1.05 bits per heavy atom. The van der Waals surface area contributed by atoms with Gasteiger partial charge in [-0.3, -0.25) is 4.79 Å². The van der Waals surface area contributed by atoms with Crippen LogP contribution in [-0.4, -0.2) is 66.7 Å². The minimum Gasteiger partial charge on any atom is -0.444 e. The van der Waals surface area contributed by atoms with Crippen molar-refractivity contribution < 1.29 is 14.3 Å². The van der Waals surface area contributed by atoms with Crippen molar-refractivity contribution in [1.82, 2.24) is 15.1 Å². The number of rotatable bonds is 1. The van der Waals surface area contributed by atoms with Crippen molar-refractivity contribution in [3.8, 4) is 0 Å². The van der Waals surface area contributed by atoms with E-state index >= 15 is 0 Å².